The van der Waals surface area contributed by atoms with Crippen LogP contribution in [0.25, 0.3) is 11.5 Å². The molecule has 1 aliphatic carbocycles. The van der Waals surface area contributed by atoms with Gasteiger partial charge < -0.3 is 14.8 Å². The van der Waals surface area contributed by atoms with Gasteiger partial charge in [0.15, 0.2) is 5.82 Å². The summed E-state index contributed by atoms with van der Waals surface area (Å²) in [6.07, 6.45) is 7.99. The summed E-state index contributed by atoms with van der Waals surface area (Å²) >= 11 is 0. The summed E-state index contributed by atoms with van der Waals surface area (Å²) in [6.45, 7) is 4.59. The van der Waals surface area contributed by atoms with Gasteiger partial charge in [0.2, 0.25) is 5.91 Å². The van der Waals surface area contributed by atoms with Crippen molar-refractivity contribution in [3.8, 4) is 11.5 Å². The lowest BCUT2D eigenvalue weighted by atomic mass is 10.1. The summed E-state index contributed by atoms with van der Waals surface area (Å²) in [5, 5.41) is 8.20. The second-order valence-corrected chi connectivity index (χ2v) is 7.53. The lowest BCUT2D eigenvalue weighted by Crippen LogP contribution is -2.27. The van der Waals surface area contributed by atoms with Gasteiger partial charge in [-0.15, -0.1) is 24.8 Å². The summed E-state index contributed by atoms with van der Waals surface area (Å²) in [6, 6.07) is 2.67. The van der Waals surface area contributed by atoms with Crippen LogP contribution >= 0.6 is 24.8 Å². The van der Waals surface area contributed by atoms with E-state index in [1.54, 1.807) is 0 Å². The standard InChI is InChI=1S/C18H24N6O.2ClH/c25-17-8-13(12-23(17)14-2-3-14)11-22-7-5-20-18(22)16-9-15-10-19-4-1-6-24(15)21-16;;/h5,7,9,13-14,19H,1-4,6,8,10-12H2;2*1H. The van der Waals surface area contributed by atoms with Crippen molar-refractivity contribution in [3.63, 3.8) is 0 Å². The molecule has 0 aromatic carbocycles. The van der Waals surface area contributed by atoms with Crippen LogP contribution in [0.2, 0.25) is 0 Å². The highest BCUT2D eigenvalue weighted by Crippen LogP contribution is 2.33. The van der Waals surface area contributed by atoms with Crippen LogP contribution in [0.4, 0.5) is 0 Å². The number of carbonyl (C=O) groups excluding carboxylic acids is 1. The van der Waals surface area contributed by atoms with E-state index in [0.29, 0.717) is 24.3 Å². The molecule has 5 rings (SSSR count). The highest BCUT2D eigenvalue weighted by atomic mass is 35.5. The van der Waals surface area contributed by atoms with Crippen molar-refractivity contribution in [1.82, 2.24) is 29.5 Å². The Morgan fingerprint density at radius 1 is 1.26 bits per heavy atom. The van der Waals surface area contributed by atoms with Crippen molar-refractivity contribution >= 4 is 30.7 Å². The topological polar surface area (TPSA) is 68.0 Å². The molecule has 2 aliphatic heterocycles. The summed E-state index contributed by atoms with van der Waals surface area (Å²) in [4.78, 5) is 18.8. The van der Waals surface area contributed by atoms with Gasteiger partial charge in [-0.2, -0.15) is 5.10 Å². The molecule has 1 saturated heterocycles. The van der Waals surface area contributed by atoms with Crippen LogP contribution in [0, 0.1) is 5.92 Å². The minimum Gasteiger partial charge on any atom is -0.339 e. The first-order valence-electron chi connectivity index (χ1n) is 9.36. The van der Waals surface area contributed by atoms with Gasteiger partial charge in [0.05, 0.1) is 5.69 Å². The van der Waals surface area contributed by atoms with Crippen molar-refractivity contribution in [3.05, 3.63) is 24.2 Å². The van der Waals surface area contributed by atoms with Crippen molar-refractivity contribution in [2.45, 2.75) is 51.4 Å². The minimum atomic E-state index is 0. The number of hydrogen-bond acceptors (Lipinski definition) is 4. The first-order valence-corrected chi connectivity index (χ1v) is 9.36. The largest absolute Gasteiger partial charge is 0.339 e. The normalized spacial score (nSPS) is 22.0. The summed E-state index contributed by atoms with van der Waals surface area (Å²) < 4.78 is 4.27. The van der Waals surface area contributed by atoms with Crippen LogP contribution in [0.3, 0.4) is 0 Å². The van der Waals surface area contributed by atoms with E-state index in [2.05, 4.69) is 30.5 Å². The number of rotatable bonds is 4. The number of amides is 1. The number of nitrogens with zero attached hydrogens (tertiary/aromatic N) is 5. The molecule has 1 saturated carbocycles. The maximum Gasteiger partial charge on any atom is 0.223 e. The number of fused-ring (bicyclic) bond motifs is 1. The van der Waals surface area contributed by atoms with Crippen molar-refractivity contribution in [1.29, 1.82) is 0 Å². The Morgan fingerprint density at radius 2 is 2.11 bits per heavy atom. The van der Waals surface area contributed by atoms with Crippen LogP contribution in [0.1, 0.15) is 31.4 Å². The van der Waals surface area contributed by atoms with Gasteiger partial charge in [-0.25, -0.2) is 4.98 Å². The Labute approximate surface area is 171 Å². The Hall–Kier alpha value is -1.57. The highest BCUT2D eigenvalue weighted by molar-refractivity contribution is 5.85. The molecule has 2 fully saturated rings. The molecule has 0 radical (unpaired) electrons. The second-order valence-electron chi connectivity index (χ2n) is 7.53. The zero-order chi connectivity index (χ0) is 16.8. The number of imidazole rings is 1. The SMILES string of the molecule is Cl.Cl.O=C1CC(Cn2ccnc2-c2cc3n(n2)CCCNC3)CN1C1CC1. The molecule has 9 heteroatoms. The fraction of sp³-hybridized carbons (Fsp3) is 0.611. The monoisotopic (exact) mass is 412 g/mol. The number of hydrogen-bond donors (Lipinski definition) is 1. The molecule has 2 aromatic rings. The summed E-state index contributed by atoms with van der Waals surface area (Å²) in [7, 11) is 0. The number of halogens is 2. The Bertz CT molecular complexity index is 776. The average molecular weight is 413 g/mol. The van der Waals surface area contributed by atoms with Gasteiger partial charge in [0, 0.05) is 57.0 Å². The van der Waals surface area contributed by atoms with E-state index in [1.807, 2.05) is 12.4 Å². The van der Waals surface area contributed by atoms with Crippen LogP contribution in [-0.2, 0) is 24.4 Å². The maximum atomic E-state index is 12.2. The van der Waals surface area contributed by atoms with Gasteiger partial charge in [0.25, 0.3) is 0 Å². The lowest BCUT2D eigenvalue weighted by molar-refractivity contribution is -0.128. The van der Waals surface area contributed by atoms with Gasteiger partial charge in [0.1, 0.15) is 5.69 Å². The molecule has 2 aromatic heterocycles. The van der Waals surface area contributed by atoms with E-state index in [4.69, 9.17) is 5.10 Å². The molecule has 7 nitrogen and oxygen atoms in total. The zero-order valence-corrected chi connectivity index (χ0v) is 16.8. The Kier molecular flexibility index (Phi) is 6.13. The quantitative estimate of drug-likeness (QED) is 0.834. The van der Waals surface area contributed by atoms with E-state index in [9.17, 15) is 4.79 Å². The maximum absolute atomic E-state index is 12.2. The number of likely N-dealkylation sites (tertiary alicyclic amines) is 1. The van der Waals surface area contributed by atoms with Crippen molar-refractivity contribution in [2.24, 2.45) is 5.92 Å². The molecule has 27 heavy (non-hydrogen) atoms. The first kappa shape index (κ1) is 20.2. The second kappa shape index (κ2) is 8.20. The lowest BCUT2D eigenvalue weighted by Gasteiger charge is -2.16. The Balaban J connectivity index is 0.00000105. The van der Waals surface area contributed by atoms with Crippen LogP contribution in [0.5, 0.6) is 0 Å². The van der Waals surface area contributed by atoms with Crippen molar-refractivity contribution < 1.29 is 4.79 Å². The first-order chi connectivity index (χ1) is 12.3. The van der Waals surface area contributed by atoms with Crippen LogP contribution in [-0.4, -0.2) is 49.3 Å². The third-order valence-electron chi connectivity index (χ3n) is 5.52. The van der Waals surface area contributed by atoms with Gasteiger partial charge in [-0.1, -0.05) is 0 Å². The number of aryl methyl sites for hydroxylation is 1. The van der Waals surface area contributed by atoms with Gasteiger partial charge in [-0.05, 0) is 31.9 Å². The summed E-state index contributed by atoms with van der Waals surface area (Å²) in [5.41, 5.74) is 2.16. The highest BCUT2D eigenvalue weighted by Gasteiger charge is 2.39. The summed E-state index contributed by atoms with van der Waals surface area (Å²) in [5.74, 6) is 1.62. The average Bonchev–Trinajstić information content (AvgIpc) is 3.14. The molecule has 4 heterocycles. The van der Waals surface area contributed by atoms with Gasteiger partial charge in [-0.3, -0.25) is 9.48 Å². The number of nitrogens with one attached hydrogen (secondary N) is 1. The van der Waals surface area contributed by atoms with Gasteiger partial charge >= 0.3 is 0 Å². The Morgan fingerprint density at radius 3 is 2.93 bits per heavy atom. The fourth-order valence-corrected chi connectivity index (χ4v) is 4.11. The number of carbonyl (C=O) groups is 1. The third-order valence-corrected chi connectivity index (χ3v) is 5.52. The molecule has 148 valence electrons. The molecule has 1 atom stereocenters. The smallest absolute Gasteiger partial charge is 0.223 e. The van der Waals surface area contributed by atoms with E-state index < -0.39 is 0 Å². The molecule has 0 bridgehead atoms. The molecule has 1 N–H and O–H groups in total. The molecule has 0 spiro atoms. The molecule has 1 amide bonds. The van der Waals surface area contributed by atoms with E-state index in [0.717, 1.165) is 50.7 Å². The van der Waals surface area contributed by atoms with Crippen molar-refractivity contribution in [2.75, 3.05) is 13.1 Å². The van der Waals surface area contributed by atoms with Crippen LogP contribution < -0.4 is 5.32 Å². The van der Waals surface area contributed by atoms with E-state index >= 15 is 0 Å². The third kappa shape index (κ3) is 4.00. The minimum absolute atomic E-state index is 0. The van der Waals surface area contributed by atoms with E-state index in [1.165, 1.54) is 18.5 Å². The zero-order valence-electron chi connectivity index (χ0n) is 15.2. The fourth-order valence-electron chi connectivity index (χ4n) is 4.11. The number of aromatic nitrogens is 4. The molecule has 1 unspecified atom stereocenters. The predicted molar refractivity (Wildman–Crippen MR) is 107 cm³/mol. The predicted octanol–water partition coefficient (Wildman–Crippen LogP) is 2.09. The van der Waals surface area contributed by atoms with Crippen LogP contribution in [0.15, 0.2) is 18.5 Å². The molecule has 3 aliphatic rings. The molecular formula is C18H26Cl2N6O. The van der Waals surface area contributed by atoms with E-state index in [-0.39, 0.29) is 24.8 Å². The molecular weight excluding hydrogens is 387 g/mol.